The molecule has 1 heterocycles. The standard InChI is InChI=1S/C11H11INO3S/c12-9-3-5-11(6-4-9)17(15,16)13-7-1-2-10(13)8-14/h1,3-6,8,10H,2,7H2/t10-/m0/s1. The van der Waals surface area contributed by atoms with Gasteiger partial charge in [-0.15, -0.1) is 0 Å². The van der Waals surface area contributed by atoms with Crippen molar-refractivity contribution >= 4 is 38.9 Å². The van der Waals surface area contributed by atoms with Crippen molar-refractivity contribution in [1.29, 1.82) is 0 Å². The fourth-order valence-corrected chi connectivity index (χ4v) is 3.67. The zero-order chi connectivity index (χ0) is 12.5. The molecule has 17 heavy (non-hydrogen) atoms. The number of sulfonamides is 1. The molecule has 1 saturated heterocycles. The molecule has 0 unspecified atom stereocenters. The zero-order valence-corrected chi connectivity index (χ0v) is 11.9. The highest BCUT2D eigenvalue weighted by molar-refractivity contribution is 14.1. The smallest absolute Gasteiger partial charge is 0.243 e. The predicted molar refractivity (Wildman–Crippen MR) is 71.8 cm³/mol. The van der Waals surface area contributed by atoms with E-state index in [9.17, 15) is 13.2 Å². The minimum Gasteiger partial charge on any atom is -0.302 e. The van der Waals surface area contributed by atoms with Crippen molar-refractivity contribution in [3.05, 3.63) is 34.3 Å². The third-order valence-corrected chi connectivity index (χ3v) is 5.29. The van der Waals surface area contributed by atoms with E-state index in [1.54, 1.807) is 24.3 Å². The van der Waals surface area contributed by atoms with Crippen molar-refractivity contribution in [2.45, 2.75) is 17.4 Å². The summed E-state index contributed by atoms with van der Waals surface area (Å²) < 4.78 is 26.7. The van der Waals surface area contributed by atoms with Crippen LogP contribution >= 0.6 is 22.6 Å². The molecule has 1 aromatic carbocycles. The largest absolute Gasteiger partial charge is 0.302 e. The lowest BCUT2D eigenvalue weighted by atomic mass is 10.2. The van der Waals surface area contributed by atoms with Crippen molar-refractivity contribution < 1.29 is 13.2 Å². The molecule has 1 fully saturated rings. The predicted octanol–water partition coefficient (Wildman–Crippen LogP) is 1.46. The van der Waals surface area contributed by atoms with E-state index in [1.807, 2.05) is 6.42 Å². The second kappa shape index (κ2) is 5.03. The highest BCUT2D eigenvalue weighted by atomic mass is 127. The van der Waals surface area contributed by atoms with Crippen molar-refractivity contribution in [3.63, 3.8) is 0 Å². The molecule has 1 aromatic rings. The van der Waals surface area contributed by atoms with Crippen LogP contribution in [-0.4, -0.2) is 31.6 Å². The molecule has 1 aliphatic rings. The topological polar surface area (TPSA) is 54.5 Å². The molecular formula is C11H11INO3S. The van der Waals surface area contributed by atoms with Gasteiger partial charge in [0.2, 0.25) is 10.0 Å². The number of hydrogen-bond donors (Lipinski definition) is 0. The molecule has 1 aliphatic heterocycles. The average Bonchev–Trinajstić information content (AvgIpc) is 2.78. The van der Waals surface area contributed by atoms with Gasteiger partial charge in [0.15, 0.2) is 0 Å². The summed E-state index contributed by atoms with van der Waals surface area (Å²) in [6.45, 7) is 0.303. The summed E-state index contributed by atoms with van der Waals surface area (Å²) in [5.41, 5.74) is 0. The third kappa shape index (κ3) is 2.53. The van der Waals surface area contributed by atoms with E-state index < -0.39 is 16.1 Å². The minimum atomic E-state index is -3.55. The van der Waals surface area contributed by atoms with Gasteiger partial charge in [-0.3, -0.25) is 0 Å². The van der Waals surface area contributed by atoms with Crippen LogP contribution in [0.25, 0.3) is 0 Å². The molecule has 1 radical (unpaired) electrons. The molecule has 0 N–H and O–H groups in total. The van der Waals surface area contributed by atoms with Crippen molar-refractivity contribution in [1.82, 2.24) is 4.31 Å². The van der Waals surface area contributed by atoms with E-state index in [4.69, 9.17) is 0 Å². The number of carbonyl (C=O) groups excluding carboxylic acids is 1. The molecule has 0 amide bonds. The summed E-state index contributed by atoms with van der Waals surface area (Å²) in [6, 6.07) is 6.06. The Labute approximate surface area is 114 Å². The second-order valence-electron chi connectivity index (χ2n) is 3.76. The highest BCUT2D eigenvalue weighted by Crippen LogP contribution is 2.24. The lowest BCUT2D eigenvalue weighted by Gasteiger charge is -2.19. The van der Waals surface area contributed by atoms with Gasteiger partial charge < -0.3 is 4.79 Å². The molecule has 2 rings (SSSR count). The number of benzene rings is 1. The minimum absolute atomic E-state index is 0.236. The Bertz CT molecular complexity index is 512. The SMILES string of the molecule is O=C[C@@H]1C[CH]CN1S(=O)(=O)c1ccc(I)cc1. The number of carbonyl (C=O) groups is 1. The Hall–Kier alpha value is -0.470. The van der Waals surface area contributed by atoms with Crippen LogP contribution in [0.15, 0.2) is 29.2 Å². The molecule has 0 spiro atoms. The molecule has 1 atom stereocenters. The van der Waals surface area contributed by atoms with Crippen LogP contribution in [0.5, 0.6) is 0 Å². The Balaban J connectivity index is 2.36. The summed E-state index contributed by atoms with van der Waals surface area (Å²) in [6.07, 6.45) is 2.99. The van der Waals surface area contributed by atoms with E-state index in [0.717, 1.165) is 3.57 Å². The van der Waals surface area contributed by atoms with Crippen LogP contribution in [0.2, 0.25) is 0 Å². The van der Waals surface area contributed by atoms with E-state index in [0.29, 0.717) is 19.3 Å². The number of halogens is 1. The monoisotopic (exact) mass is 364 g/mol. The van der Waals surface area contributed by atoms with Gasteiger partial charge in [-0.05, 0) is 59.7 Å². The van der Waals surface area contributed by atoms with Crippen LogP contribution < -0.4 is 0 Å². The summed E-state index contributed by atoms with van der Waals surface area (Å²) in [5, 5.41) is 0. The van der Waals surface area contributed by atoms with Crippen LogP contribution in [0, 0.1) is 9.99 Å². The maximum atomic E-state index is 12.3. The van der Waals surface area contributed by atoms with Crippen LogP contribution in [0.3, 0.4) is 0 Å². The third-order valence-electron chi connectivity index (χ3n) is 2.66. The van der Waals surface area contributed by atoms with Crippen molar-refractivity contribution in [2.24, 2.45) is 0 Å². The van der Waals surface area contributed by atoms with Gasteiger partial charge in [-0.2, -0.15) is 4.31 Å². The fourth-order valence-electron chi connectivity index (χ4n) is 1.77. The number of hydrogen-bond acceptors (Lipinski definition) is 3. The van der Waals surface area contributed by atoms with Gasteiger partial charge in [-0.25, -0.2) is 8.42 Å². The summed E-state index contributed by atoms with van der Waals surface area (Å²) in [7, 11) is -3.55. The Morgan fingerprint density at radius 1 is 1.29 bits per heavy atom. The van der Waals surface area contributed by atoms with E-state index in [1.165, 1.54) is 4.31 Å². The fraction of sp³-hybridized carbons (Fsp3) is 0.273. The normalized spacial score (nSPS) is 21.6. The Morgan fingerprint density at radius 3 is 2.53 bits per heavy atom. The summed E-state index contributed by atoms with van der Waals surface area (Å²) in [5.74, 6) is 0. The van der Waals surface area contributed by atoms with E-state index in [-0.39, 0.29) is 4.90 Å². The van der Waals surface area contributed by atoms with E-state index >= 15 is 0 Å². The summed E-state index contributed by atoms with van der Waals surface area (Å²) >= 11 is 2.11. The first kappa shape index (κ1) is 13.0. The Kier molecular flexibility index (Phi) is 3.84. The molecule has 0 aromatic heterocycles. The van der Waals surface area contributed by atoms with Gasteiger partial charge in [0.05, 0.1) is 10.9 Å². The number of nitrogens with zero attached hydrogens (tertiary/aromatic N) is 1. The lowest BCUT2D eigenvalue weighted by Crippen LogP contribution is -2.36. The van der Waals surface area contributed by atoms with Crippen LogP contribution in [0.4, 0.5) is 0 Å². The lowest BCUT2D eigenvalue weighted by molar-refractivity contribution is -0.110. The summed E-state index contributed by atoms with van der Waals surface area (Å²) in [4.78, 5) is 11.1. The van der Waals surface area contributed by atoms with Crippen LogP contribution in [0.1, 0.15) is 6.42 Å². The Morgan fingerprint density at radius 2 is 1.94 bits per heavy atom. The number of rotatable bonds is 3. The second-order valence-corrected chi connectivity index (χ2v) is 6.89. The van der Waals surface area contributed by atoms with Gasteiger partial charge in [-0.1, -0.05) is 0 Å². The molecule has 0 aliphatic carbocycles. The molecular weight excluding hydrogens is 353 g/mol. The molecule has 6 heteroatoms. The van der Waals surface area contributed by atoms with Crippen LogP contribution in [-0.2, 0) is 14.8 Å². The molecule has 4 nitrogen and oxygen atoms in total. The van der Waals surface area contributed by atoms with E-state index in [2.05, 4.69) is 22.6 Å². The highest BCUT2D eigenvalue weighted by Gasteiger charge is 2.34. The van der Waals surface area contributed by atoms with Gasteiger partial charge in [0.1, 0.15) is 6.29 Å². The molecule has 0 bridgehead atoms. The maximum absolute atomic E-state index is 12.3. The van der Waals surface area contributed by atoms with Crippen molar-refractivity contribution in [3.8, 4) is 0 Å². The first-order valence-electron chi connectivity index (χ1n) is 5.10. The zero-order valence-electron chi connectivity index (χ0n) is 8.91. The van der Waals surface area contributed by atoms with Gasteiger partial charge in [0, 0.05) is 10.1 Å². The quantitative estimate of drug-likeness (QED) is 0.603. The van der Waals surface area contributed by atoms with Gasteiger partial charge >= 0.3 is 0 Å². The first-order chi connectivity index (χ1) is 8.05. The molecule has 0 saturated carbocycles. The van der Waals surface area contributed by atoms with Gasteiger partial charge in [0.25, 0.3) is 0 Å². The molecule has 91 valence electrons. The number of aldehydes is 1. The van der Waals surface area contributed by atoms with Crippen molar-refractivity contribution in [2.75, 3.05) is 6.54 Å². The maximum Gasteiger partial charge on any atom is 0.243 e. The average molecular weight is 364 g/mol. The first-order valence-corrected chi connectivity index (χ1v) is 7.62.